The standard InChI is InChI=1S/C43H37N/c1-3-43(4-2)41-30-33(21-20-32-22-25-35(26-23-32)34-14-8-5-9-15-34)24-28-39(41)40-29-27-38(31-42(40)43)44(36-16-10-6-11-17-36)37-18-12-7-13-19-37/h5-31H,3-4H2,1-2H3/b21-20+. The molecule has 214 valence electrons. The average Bonchev–Trinajstić information content (AvgIpc) is 3.37. The number of fused-ring (bicyclic) bond motifs is 3. The summed E-state index contributed by atoms with van der Waals surface area (Å²) in [4.78, 5) is 2.37. The molecule has 7 rings (SSSR count). The number of nitrogens with zero attached hydrogens (tertiary/aromatic N) is 1. The molecular formula is C43H37N. The number of rotatable bonds is 8. The van der Waals surface area contributed by atoms with Crippen molar-refractivity contribution >= 4 is 29.2 Å². The first kappa shape index (κ1) is 27.7. The topological polar surface area (TPSA) is 3.24 Å². The van der Waals surface area contributed by atoms with E-state index in [1.54, 1.807) is 0 Å². The van der Waals surface area contributed by atoms with Crippen molar-refractivity contribution in [1.82, 2.24) is 0 Å². The van der Waals surface area contributed by atoms with Crippen LogP contribution in [0.25, 0.3) is 34.4 Å². The number of benzene rings is 6. The van der Waals surface area contributed by atoms with Gasteiger partial charge in [0.2, 0.25) is 0 Å². The Morgan fingerprint density at radius 3 is 1.52 bits per heavy atom. The Bertz CT molecular complexity index is 1860. The first-order valence-corrected chi connectivity index (χ1v) is 15.7. The molecule has 0 saturated heterocycles. The molecule has 0 aromatic heterocycles. The molecule has 0 spiro atoms. The lowest BCUT2D eigenvalue weighted by Gasteiger charge is -2.32. The van der Waals surface area contributed by atoms with Crippen LogP contribution < -0.4 is 4.90 Å². The predicted octanol–water partition coefficient (Wildman–Crippen LogP) is 12.1. The fourth-order valence-electron chi connectivity index (χ4n) is 6.97. The van der Waals surface area contributed by atoms with Crippen LogP contribution in [0.4, 0.5) is 17.1 Å². The van der Waals surface area contributed by atoms with Crippen LogP contribution in [0.3, 0.4) is 0 Å². The zero-order chi connectivity index (χ0) is 29.9. The average molecular weight is 568 g/mol. The van der Waals surface area contributed by atoms with Crippen LogP contribution >= 0.6 is 0 Å². The summed E-state index contributed by atoms with van der Waals surface area (Å²) in [6.45, 7) is 4.69. The highest BCUT2D eigenvalue weighted by molar-refractivity contribution is 5.87. The predicted molar refractivity (Wildman–Crippen MR) is 189 cm³/mol. The van der Waals surface area contributed by atoms with Crippen molar-refractivity contribution in [3.63, 3.8) is 0 Å². The van der Waals surface area contributed by atoms with Crippen molar-refractivity contribution < 1.29 is 0 Å². The molecule has 0 aliphatic heterocycles. The van der Waals surface area contributed by atoms with Crippen molar-refractivity contribution in [2.75, 3.05) is 4.90 Å². The summed E-state index contributed by atoms with van der Waals surface area (Å²) in [5, 5.41) is 0. The molecule has 0 heterocycles. The second-order valence-corrected chi connectivity index (χ2v) is 11.7. The molecule has 0 saturated carbocycles. The summed E-state index contributed by atoms with van der Waals surface area (Å²) >= 11 is 0. The second-order valence-electron chi connectivity index (χ2n) is 11.7. The van der Waals surface area contributed by atoms with E-state index in [0.29, 0.717) is 0 Å². The van der Waals surface area contributed by atoms with E-state index in [2.05, 4.69) is 183 Å². The van der Waals surface area contributed by atoms with Gasteiger partial charge in [0.15, 0.2) is 0 Å². The number of anilines is 3. The van der Waals surface area contributed by atoms with Gasteiger partial charge in [-0.3, -0.25) is 0 Å². The molecule has 0 amide bonds. The lowest BCUT2D eigenvalue weighted by Crippen LogP contribution is -2.23. The van der Waals surface area contributed by atoms with Crippen LogP contribution in [0, 0.1) is 0 Å². The normalized spacial score (nSPS) is 13.0. The number of hydrogen-bond acceptors (Lipinski definition) is 1. The van der Waals surface area contributed by atoms with E-state index < -0.39 is 0 Å². The first-order chi connectivity index (χ1) is 21.7. The van der Waals surface area contributed by atoms with Gasteiger partial charge in [0, 0.05) is 22.5 Å². The van der Waals surface area contributed by atoms with Crippen LogP contribution in [0.5, 0.6) is 0 Å². The van der Waals surface area contributed by atoms with Gasteiger partial charge in [0.1, 0.15) is 0 Å². The minimum Gasteiger partial charge on any atom is -0.310 e. The maximum Gasteiger partial charge on any atom is 0.0465 e. The van der Waals surface area contributed by atoms with E-state index in [-0.39, 0.29) is 5.41 Å². The molecule has 1 aliphatic rings. The lowest BCUT2D eigenvalue weighted by molar-refractivity contribution is 0.490. The largest absolute Gasteiger partial charge is 0.310 e. The quantitative estimate of drug-likeness (QED) is 0.165. The molecule has 6 aromatic carbocycles. The van der Waals surface area contributed by atoms with Crippen molar-refractivity contribution in [3.8, 4) is 22.3 Å². The second kappa shape index (κ2) is 11.9. The van der Waals surface area contributed by atoms with Crippen LogP contribution in [-0.2, 0) is 5.41 Å². The minimum absolute atomic E-state index is 0.0269. The number of para-hydroxylation sites is 2. The highest BCUT2D eigenvalue weighted by Crippen LogP contribution is 2.54. The lowest BCUT2D eigenvalue weighted by atomic mass is 9.73. The molecule has 0 bridgehead atoms. The van der Waals surface area contributed by atoms with Gasteiger partial charge in [-0.05, 0) is 93.7 Å². The molecule has 0 N–H and O–H groups in total. The van der Waals surface area contributed by atoms with Gasteiger partial charge in [-0.1, -0.05) is 141 Å². The van der Waals surface area contributed by atoms with E-state index >= 15 is 0 Å². The Labute approximate surface area is 261 Å². The summed E-state index contributed by atoms with van der Waals surface area (Å²) in [7, 11) is 0. The highest BCUT2D eigenvalue weighted by atomic mass is 15.1. The van der Waals surface area contributed by atoms with Gasteiger partial charge in [-0.25, -0.2) is 0 Å². The van der Waals surface area contributed by atoms with Crippen LogP contribution in [0.1, 0.15) is 48.9 Å². The third-order valence-corrected chi connectivity index (χ3v) is 9.35. The van der Waals surface area contributed by atoms with Crippen LogP contribution in [0.15, 0.2) is 152 Å². The first-order valence-electron chi connectivity index (χ1n) is 15.7. The van der Waals surface area contributed by atoms with Gasteiger partial charge in [0.05, 0.1) is 0 Å². The summed E-state index contributed by atoms with van der Waals surface area (Å²) < 4.78 is 0. The van der Waals surface area contributed by atoms with Crippen molar-refractivity contribution in [1.29, 1.82) is 0 Å². The molecule has 0 fully saturated rings. The van der Waals surface area contributed by atoms with Crippen LogP contribution in [-0.4, -0.2) is 0 Å². The summed E-state index contributed by atoms with van der Waals surface area (Å²) in [5.74, 6) is 0. The van der Waals surface area contributed by atoms with E-state index in [9.17, 15) is 0 Å². The Morgan fingerprint density at radius 2 is 0.932 bits per heavy atom. The van der Waals surface area contributed by atoms with Gasteiger partial charge in [0.25, 0.3) is 0 Å². The zero-order valence-corrected chi connectivity index (χ0v) is 25.4. The van der Waals surface area contributed by atoms with Gasteiger partial charge in [-0.15, -0.1) is 0 Å². The summed E-state index contributed by atoms with van der Waals surface area (Å²) in [6, 6.07) is 54.9. The molecule has 0 radical (unpaired) electrons. The molecule has 1 nitrogen and oxygen atoms in total. The Hall–Kier alpha value is -5.14. The fourth-order valence-corrected chi connectivity index (χ4v) is 6.97. The van der Waals surface area contributed by atoms with Crippen molar-refractivity contribution in [3.05, 3.63) is 174 Å². The SMILES string of the molecule is CCC1(CC)c2cc(/C=C/c3ccc(-c4ccccc4)cc3)ccc2-c2ccc(N(c3ccccc3)c3ccccc3)cc21. The third kappa shape index (κ3) is 4.95. The van der Waals surface area contributed by atoms with Gasteiger partial charge >= 0.3 is 0 Å². The zero-order valence-electron chi connectivity index (χ0n) is 25.4. The molecule has 0 atom stereocenters. The molecule has 1 aliphatic carbocycles. The smallest absolute Gasteiger partial charge is 0.0465 e. The maximum absolute atomic E-state index is 2.45. The summed E-state index contributed by atoms with van der Waals surface area (Å²) in [5.41, 5.74) is 14.0. The van der Waals surface area contributed by atoms with Crippen molar-refractivity contribution in [2.45, 2.75) is 32.1 Å². The van der Waals surface area contributed by atoms with Gasteiger partial charge in [-0.2, -0.15) is 0 Å². The maximum atomic E-state index is 2.45. The monoisotopic (exact) mass is 567 g/mol. The van der Waals surface area contributed by atoms with E-state index in [1.807, 2.05) is 0 Å². The Balaban J connectivity index is 1.24. The summed E-state index contributed by atoms with van der Waals surface area (Å²) in [6.07, 6.45) is 6.60. The van der Waals surface area contributed by atoms with Crippen molar-refractivity contribution in [2.24, 2.45) is 0 Å². The third-order valence-electron chi connectivity index (χ3n) is 9.35. The van der Waals surface area contributed by atoms with Crippen LogP contribution in [0.2, 0.25) is 0 Å². The number of hydrogen-bond donors (Lipinski definition) is 0. The Kier molecular flexibility index (Phi) is 7.46. The molecule has 6 aromatic rings. The molecular weight excluding hydrogens is 530 g/mol. The molecule has 1 heteroatoms. The van der Waals surface area contributed by atoms with E-state index in [0.717, 1.165) is 24.2 Å². The highest BCUT2D eigenvalue weighted by Gasteiger charge is 2.41. The Morgan fingerprint density at radius 1 is 0.455 bits per heavy atom. The van der Waals surface area contributed by atoms with Gasteiger partial charge < -0.3 is 4.90 Å². The molecule has 44 heavy (non-hydrogen) atoms. The molecule has 0 unspecified atom stereocenters. The fraction of sp³-hybridized carbons (Fsp3) is 0.116. The van der Waals surface area contributed by atoms with E-state index in [1.165, 1.54) is 50.2 Å². The van der Waals surface area contributed by atoms with E-state index in [4.69, 9.17) is 0 Å². The minimum atomic E-state index is -0.0269.